The van der Waals surface area contributed by atoms with Gasteiger partial charge in [-0.3, -0.25) is 14.2 Å². The Morgan fingerprint density at radius 2 is 1.91 bits per heavy atom. The van der Waals surface area contributed by atoms with E-state index in [1.165, 1.54) is 0 Å². The van der Waals surface area contributed by atoms with E-state index in [0.717, 1.165) is 65.5 Å². The summed E-state index contributed by atoms with van der Waals surface area (Å²) in [7, 11) is 0. The predicted molar refractivity (Wildman–Crippen MR) is 134 cm³/mol. The van der Waals surface area contributed by atoms with Crippen LogP contribution < -0.4 is 10.6 Å². The molecule has 7 nitrogen and oxygen atoms in total. The number of aromatic nitrogens is 4. The number of nitrogens with one attached hydrogen (secondary N) is 2. The molecule has 0 atom stereocenters. The molecule has 1 fully saturated rings. The highest BCUT2D eigenvalue weighted by molar-refractivity contribution is 7.98. The highest BCUT2D eigenvalue weighted by Crippen LogP contribution is 2.28. The van der Waals surface area contributed by atoms with Gasteiger partial charge in [0.25, 0.3) is 5.91 Å². The van der Waals surface area contributed by atoms with E-state index in [2.05, 4.69) is 31.3 Å². The van der Waals surface area contributed by atoms with Crippen LogP contribution in [0, 0.1) is 0 Å². The molecule has 0 aliphatic heterocycles. The van der Waals surface area contributed by atoms with Gasteiger partial charge in [-0.2, -0.15) is 11.8 Å². The van der Waals surface area contributed by atoms with Gasteiger partial charge in [0.1, 0.15) is 0 Å². The average molecular weight is 459 g/mol. The Kier molecular flexibility index (Phi) is 6.26. The van der Waals surface area contributed by atoms with Gasteiger partial charge in [0.2, 0.25) is 0 Å². The molecule has 8 heteroatoms. The summed E-state index contributed by atoms with van der Waals surface area (Å²) in [6.07, 6.45) is 12.7. The van der Waals surface area contributed by atoms with Crippen molar-refractivity contribution in [3.05, 3.63) is 66.7 Å². The monoisotopic (exact) mass is 458 g/mol. The van der Waals surface area contributed by atoms with Gasteiger partial charge in [-0.05, 0) is 55.5 Å². The zero-order chi connectivity index (χ0) is 22.6. The number of carbonyl (C=O) groups excluding carboxylic acids is 1. The summed E-state index contributed by atoms with van der Waals surface area (Å²) < 4.78 is 2.07. The molecule has 168 valence electrons. The first kappa shape index (κ1) is 21.5. The van der Waals surface area contributed by atoms with E-state index in [4.69, 9.17) is 4.98 Å². The normalized spacial score (nSPS) is 13.2. The van der Waals surface area contributed by atoms with Crippen molar-refractivity contribution in [2.45, 2.75) is 25.3 Å². The third-order valence-corrected chi connectivity index (χ3v) is 6.34. The van der Waals surface area contributed by atoms with Crippen molar-refractivity contribution in [1.29, 1.82) is 0 Å². The molecule has 0 bridgehead atoms. The van der Waals surface area contributed by atoms with Gasteiger partial charge in [-0.25, -0.2) is 9.97 Å². The quantitative estimate of drug-likeness (QED) is 0.359. The van der Waals surface area contributed by atoms with E-state index in [1.807, 2.05) is 60.6 Å². The molecule has 1 aromatic carbocycles. The molecule has 0 radical (unpaired) electrons. The van der Waals surface area contributed by atoms with E-state index in [0.29, 0.717) is 11.6 Å². The first-order valence-corrected chi connectivity index (χ1v) is 12.5. The second-order valence-electron chi connectivity index (χ2n) is 8.15. The minimum atomic E-state index is -0.0110. The van der Waals surface area contributed by atoms with Gasteiger partial charge < -0.3 is 10.6 Å². The molecule has 4 aromatic rings. The van der Waals surface area contributed by atoms with Crippen molar-refractivity contribution < 1.29 is 4.79 Å². The Bertz CT molecular complexity index is 1250. The van der Waals surface area contributed by atoms with Crippen LogP contribution in [-0.2, 0) is 0 Å². The van der Waals surface area contributed by atoms with Crippen molar-refractivity contribution >= 4 is 29.1 Å². The van der Waals surface area contributed by atoms with Gasteiger partial charge in [0.05, 0.1) is 17.6 Å². The molecule has 33 heavy (non-hydrogen) atoms. The highest BCUT2D eigenvalue weighted by atomic mass is 32.2. The van der Waals surface area contributed by atoms with Crippen LogP contribution in [0.5, 0.6) is 0 Å². The summed E-state index contributed by atoms with van der Waals surface area (Å²) in [6.45, 7) is 0.830. The summed E-state index contributed by atoms with van der Waals surface area (Å²) in [5.41, 5.74) is 5.23. The number of pyridine rings is 1. The Hall–Kier alpha value is -3.39. The van der Waals surface area contributed by atoms with Crippen molar-refractivity contribution in [3.8, 4) is 22.5 Å². The number of hydrogen-bond acceptors (Lipinski definition) is 6. The second-order valence-corrected chi connectivity index (χ2v) is 9.13. The number of nitrogens with zero attached hydrogens (tertiary/aromatic N) is 4. The third-order valence-electron chi connectivity index (χ3n) is 5.64. The van der Waals surface area contributed by atoms with Crippen LogP contribution in [0.4, 0.5) is 5.82 Å². The maximum absolute atomic E-state index is 12.3. The number of carbonyl (C=O) groups is 1. The molecule has 1 saturated carbocycles. The molecule has 3 aromatic heterocycles. The first-order chi connectivity index (χ1) is 16.2. The fourth-order valence-corrected chi connectivity index (χ4v) is 4.13. The summed E-state index contributed by atoms with van der Waals surface area (Å²) in [4.78, 5) is 26.0. The van der Waals surface area contributed by atoms with Crippen molar-refractivity contribution in [3.63, 3.8) is 0 Å². The number of fused-ring (bicyclic) bond motifs is 1. The standard InChI is InChI=1S/C25H26N6OS/c1-33-14-2-11-27-23-24-28-15-22(31(24)16-21(30-23)17-9-12-26-13-10-17)18-3-5-19(6-4-18)25(32)29-20-7-8-20/h3-6,9-10,12-13,15-16,20H,2,7-8,11,14H2,1H3,(H,27,30)(H,29,32). The maximum atomic E-state index is 12.3. The lowest BCUT2D eigenvalue weighted by Gasteiger charge is -2.11. The molecular formula is C25H26N6OS. The molecule has 0 spiro atoms. The molecule has 1 amide bonds. The van der Waals surface area contributed by atoms with Crippen LogP contribution in [-0.4, -0.2) is 49.9 Å². The number of hydrogen-bond donors (Lipinski definition) is 2. The molecule has 2 N–H and O–H groups in total. The number of thioether (sulfide) groups is 1. The van der Waals surface area contributed by atoms with Gasteiger partial charge >= 0.3 is 0 Å². The van der Waals surface area contributed by atoms with Gasteiger partial charge in [-0.1, -0.05) is 12.1 Å². The number of anilines is 1. The summed E-state index contributed by atoms with van der Waals surface area (Å²) >= 11 is 1.83. The fourth-order valence-electron chi connectivity index (χ4n) is 3.69. The van der Waals surface area contributed by atoms with E-state index >= 15 is 0 Å². The molecule has 0 saturated heterocycles. The third kappa shape index (κ3) is 4.85. The molecule has 3 heterocycles. The average Bonchev–Trinajstić information content (AvgIpc) is 3.57. The van der Waals surface area contributed by atoms with E-state index in [9.17, 15) is 4.79 Å². The lowest BCUT2D eigenvalue weighted by molar-refractivity contribution is 0.0951. The van der Waals surface area contributed by atoms with Crippen LogP contribution in [0.15, 0.2) is 61.2 Å². The minimum absolute atomic E-state index is 0.0110. The highest BCUT2D eigenvalue weighted by Gasteiger charge is 2.23. The van der Waals surface area contributed by atoms with Crippen molar-refractivity contribution in [1.82, 2.24) is 24.7 Å². The Labute approximate surface area is 197 Å². The number of imidazole rings is 1. The zero-order valence-corrected chi connectivity index (χ0v) is 19.3. The number of benzene rings is 1. The molecule has 1 aliphatic carbocycles. The second kappa shape index (κ2) is 9.62. The topological polar surface area (TPSA) is 84.2 Å². The van der Waals surface area contributed by atoms with Crippen LogP contribution >= 0.6 is 11.8 Å². The lowest BCUT2D eigenvalue weighted by atomic mass is 10.1. The Morgan fingerprint density at radius 3 is 2.64 bits per heavy atom. The van der Waals surface area contributed by atoms with Crippen molar-refractivity contribution in [2.75, 3.05) is 23.9 Å². The lowest BCUT2D eigenvalue weighted by Crippen LogP contribution is -2.25. The van der Waals surface area contributed by atoms with Crippen LogP contribution in [0.3, 0.4) is 0 Å². The Balaban J connectivity index is 1.50. The smallest absolute Gasteiger partial charge is 0.251 e. The zero-order valence-electron chi connectivity index (χ0n) is 18.5. The Morgan fingerprint density at radius 1 is 1.12 bits per heavy atom. The van der Waals surface area contributed by atoms with Gasteiger partial charge in [-0.15, -0.1) is 0 Å². The van der Waals surface area contributed by atoms with E-state index < -0.39 is 0 Å². The molecule has 0 unspecified atom stereocenters. The van der Waals surface area contributed by atoms with E-state index in [-0.39, 0.29) is 5.91 Å². The SMILES string of the molecule is CSCCCNc1nc(-c2ccncc2)cn2c(-c3ccc(C(=O)NC4CC4)cc3)cnc12. The number of amides is 1. The minimum Gasteiger partial charge on any atom is -0.367 e. The maximum Gasteiger partial charge on any atom is 0.251 e. The predicted octanol–water partition coefficient (Wildman–Crippen LogP) is 4.52. The first-order valence-electron chi connectivity index (χ1n) is 11.2. The van der Waals surface area contributed by atoms with Crippen molar-refractivity contribution in [2.24, 2.45) is 0 Å². The molecular weight excluding hydrogens is 432 g/mol. The summed E-state index contributed by atoms with van der Waals surface area (Å²) in [6, 6.07) is 12.0. The molecule has 5 rings (SSSR count). The number of rotatable bonds is 9. The fraction of sp³-hybridized carbons (Fsp3) is 0.280. The largest absolute Gasteiger partial charge is 0.367 e. The van der Waals surface area contributed by atoms with Crippen LogP contribution in [0.2, 0.25) is 0 Å². The van der Waals surface area contributed by atoms with Gasteiger partial charge in [0.15, 0.2) is 11.5 Å². The summed E-state index contributed by atoms with van der Waals surface area (Å²) in [5, 5.41) is 6.51. The summed E-state index contributed by atoms with van der Waals surface area (Å²) in [5.74, 6) is 1.84. The van der Waals surface area contributed by atoms with E-state index in [1.54, 1.807) is 12.4 Å². The molecule has 1 aliphatic rings. The van der Waals surface area contributed by atoms with Gasteiger partial charge in [0, 0.05) is 47.9 Å². The van der Waals surface area contributed by atoms with Crippen LogP contribution in [0.25, 0.3) is 28.2 Å². The van der Waals surface area contributed by atoms with Crippen LogP contribution in [0.1, 0.15) is 29.6 Å².